The summed E-state index contributed by atoms with van der Waals surface area (Å²) in [7, 11) is 0. The Bertz CT molecular complexity index is 714. The number of anilines is 1. The molecular formula is C17H18N4O2. The van der Waals surface area contributed by atoms with Gasteiger partial charge in [0.25, 0.3) is 0 Å². The predicted molar refractivity (Wildman–Crippen MR) is 85.3 cm³/mol. The molecule has 1 aromatic heterocycles. The van der Waals surface area contributed by atoms with E-state index < -0.39 is 0 Å². The van der Waals surface area contributed by atoms with Crippen LogP contribution in [-0.2, 0) is 4.79 Å². The fourth-order valence-electron chi connectivity index (χ4n) is 3.35. The molecular weight excluding hydrogens is 292 g/mol. The fourth-order valence-corrected chi connectivity index (χ4v) is 3.35. The number of carbonyl (C=O) groups excluding carboxylic acids is 1. The number of carbonyl (C=O) groups is 1. The van der Waals surface area contributed by atoms with Gasteiger partial charge in [0.15, 0.2) is 0 Å². The van der Waals surface area contributed by atoms with Crippen molar-refractivity contribution in [2.45, 2.75) is 25.3 Å². The molecule has 118 valence electrons. The first kappa shape index (κ1) is 14.0. The van der Waals surface area contributed by atoms with Crippen LogP contribution in [0.1, 0.15) is 19.3 Å². The van der Waals surface area contributed by atoms with Gasteiger partial charge in [-0.05, 0) is 31.4 Å². The van der Waals surface area contributed by atoms with Crippen molar-refractivity contribution in [1.29, 1.82) is 0 Å². The van der Waals surface area contributed by atoms with Crippen LogP contribution in [0.2, 0.25) is 0 Å². The summed E-state index contributed by atoms with van der Waals surface area (Å²) in [6.45, 7) is 0.794. The first-order valence-corrected chi connectivity index (χ1v) is 7.84. The Hall–Kier alpha value is -2.63. The highest BCUT2D eigenvalue weighted by Gasteiger charge is 2.52. The zero-order valence-corrected chi connectivity index (χ0v) is 12.7. The van der Waals surface area contributed by atoms with E-state index in [1.54, 1.807) is 12.3 Å². The number of nitrogens with zero attached hydrogens (tertiary/aromatic N) is 2. The van der Waals surface area contributed by atoms with Crippen LogP contribution >= 0.6 is 0 Å². The highest BCUT2D eigenvalue weighted by molar-refractivity contribution is 5.86. The number of nitrogens with one attached hydrogen (secondary N) is 2. The monoisotopic (exact) mass is 310 g/mol. The summed E-state index contributed by atoms with van der Waals surface area (Å²) < 4.78 is 5.71. The molecule has 2 aromatic rings. The van der Waals surface area contributed by atoms with Gasteiger partial charge < -0.3 is 15.4 Å². The molecule has 1 amide bonds. The average molecular weight is 310 g/mol. The average Bonchev–Trinajstić information content (AvgIpc) is 2.90. The van der Waals surface area contributed by atoms with Gasteiger partial charge >= 0.3 is 0 Å². The van der Waals surface area contributed by atoms with Crippen LogP contribution in [-0.4, -0.2) is 28.5 Å². The fraction of sp³-hybridized carbons (Fsp3) is 0.353. The molecule has 6 nitrogen and oxygen atoms in total. The van der Waals surface area contributed by atoms with Gasteiger partial charge in [-0.3, -0.25) is 4.79 Å². The minimum atomic E-state index is -0.157. The maximum atomic E-state index is 11.8. The van der Waals surface area contributed by atoms with Crippen molar-refractivity contribution in [2.75, 3.05) is 11.9 Å². The molecule has 23 heavy (non-hydrogen) atoms. The summed E-state index contributed by atoms with van der Waals surface area (Å²) >= 11 is 0. The Morgan fingerprint density at radius 2 is 2.04 bits per heavy atom. The molecule has 2 heterocycles. The molecule has 0 bridgehead atoms. The third-order valence-electron chi connectivity index (χ3n) is 4.57. The molecule has 1 saturated carbocycles. The molecule has 1 aliphatic heterocycles. The van der Waals surface area contributed by atoms with Crippen molar-refractivity contribution in [3.63, 3.8) is 0 Å². The highest BCUT2D eigenvalue weighted by atomic mass is 16.5. The van der Waals surface area contributed by atoms with Crippen molar-refractivity contribution in [3.05, 3.63) is 42.6 Å². The van der Waals surface area contributed by atoms with Crippen LogP contribution in [0, 0.1) is 5.41 Å². The molecule has 0 unspecified atom stereocenters. The van der Waals surface area contributed by atoms with Crippen molar-refractivity contribution in [1.82, 2.24) is 15.3 Å². The van der Waals surface area contributed by atoms with Gasteiger partial charge in [0, 0.05) is 24.8 Å². The standard InChI is InChI=1S/C17H18N4O2/c22-15-17(7-9-18-15)10-12(11-17)20-16-19-8-6-14(21-16)23-13-4-2-1-3-5-13/h1-6,8,12H,7,9-11H2,(H,18,22)(H,19,20,21). The largest absolute Gasteiger partial charge is 0.439 e. The molecule has 1 aromatic carbocycles. The number of ether oxygens (including phenoxy) is 1. The van der Waals surface area contributed by atoms with Crippen molar-refractivity contribution >= 4 is 11.9 Å². The molecule has 0 radical (unpaired) electrons. The zero-order chi connectivity index (χ0) is 15.7. The van der Waals surface area contributed by atoms with Crippen LogP contribution in [0.15, 0.2) is 42.6 Å². The van der Waals surface area contributed by atoms with Crippen LogP contribution < -0.4 is 15.4 Å². The SMILES string of the molecule is O=C1NCCC12CC(Nc1nccc(Oc3ccccc3)n1)C2. The van der Waals surface area contributed by atoms with Gasteiger partial charge in [-0.1, -0.05) is 18.2 Å². The Labute approximate surface area is 134 Å². The number of benzene rings is 1. The third kappa shape index (κ3) is 2.72. The lowest BCUT2D eigenvalue weighted by molar-refractivity contribution is -0.132. The van der Waals surface area contributed by atoms with Crippen molar-refractivity contribution < 1.29 is 9.53 Å². The van der Waals surface area contributed by atoms with E-state index in [2.05, 4.69) is 20.6 Å². The number of amides is 1. The number of hydrogen-bond donors (Lipinski definition) is 2. The second kappa shape index (κ2) is 5.53. The molecule has 2 N–H and O–H groups in total. The Morgan fingerprint density at radius 1 is 1.22 bits per heavy atom. The molecule has 4 rings (SSSR count). The number of aromatic nitrogens is 2. The van der Waals surface area contributed by atoms with E-state index in [0.29, 0.717) is 11.8 Å². The topological polar surface area (TPSA) is 76.1 Å². The lowest BCUT2D eigenvalue weighted by Crippen LogP contribution is -2.49. The van der Waals surface area contributed by atoms with E-state index in [-0.39, 0.29) is 17.4 Å². The van der Waals surface area contributed by atoms with Crippen LogP contribution in [0.25, 0.3) is 0 Å². The Balaban J connectivity index is 1.39. The molecule has 2 aliphatic rings. The second-order valence-electron chi connectivity index (χ2n) is 6.17. The molecule has 1 saturated heterocycles. The molecule has 1 aliphatic carbocycles. The lowest BCUT2D eigenvalue weighted by atomic mass is 9.64. The van der Waals surface area contributed by atoms with Gasteiger partial charge in [-0.2, -0.15) is 4.98 Å². The van der Waals surface area contributed by atoms with Gasteiger partial charge in [0.05, 0.1) is 5.41 Å². The number of rotatable bonds is 4. The summed E-state index contributed by atoms with van der Waals surface area (Å²) in [4.78, 5) is 20.5. The number of para-hydroxylation sites is 1. The molecule has 6 heteroatoms. The molecule has 1 spiro atoms. The summed E-state index contributed by atoms with van der Waals surface area (Å²) in [5.74, 6) is 1.97. The van der Waals surface area contributed by atoms with E-state index in [9.17, 15) is 4.79 Å². The van der Waals surface area contributed by atoms with Crippen molar-refractivity contribution in [3.8, 4) is 11.6 Å². The zero-order valence-electron chi connectivity index (χ0n) is 12.7. The lowest BCUT2D eigenvalue weighted by Gasteiger charge is -2.43. The van der Waals surface area contributed by atoms with Gasteiger partial charge in [-0.15, -0.1) is 0 Å². The second-order valence-corrected chi connectivity index (χ2v) is 6.17. The maximum absolute atomic E-state index is 11.8. The quantitative estimate of drug-likeness (QED) is 0.906. The van der Waals surface area contributed by atoms with Gasteiger partial charge in [-0.25, -0.2) is 4.98 Å². The maximum Gasteiger partial charge on any atom is 0.226 e. The van der Waals surface area contributed by atoms with Gasteiger partial charge in [0.2, 0.25) is 17.7 Å². The van der Waals surface area contributed by atoms with Crippen LogP contribution in [0.5, 0.6) is 11.6 Å². The smallest absolute Gasteiger partial charge is 0.226 e. The summed E-state index contributed by atoms with van der Waals surface area (Å²) in [6, 6.07) is 11.5. The number of hydrogen-bond acceptors (Lipinski definition) is 5. The van der Waals surface area contributed by atoms with Crippen LogP contribution in [0.4, 0.5) is 5.95 Å². The van der Waals surface area contributed by atoms with Crippen LogP contribution in [0.3, 0.4) is 0 Å². The van der Waals surface area contributed by atoms with E-state index in [1.165, 1.54) is 0 Å². The van der Waals surface area contributed by atoms with E-state index in [1.807, 2.05) is 30.3 Å². The Kier molecular flexibility index (Phi) is 3.37. The van der Waals surface area contributed by atoms with E-state index >= 15 is 0 Å². The normalized spacial score (nSPS) is 25.7. The third-order valence-corrected chi connectivity index (χ3v) is 4.57. The summed E-state index contributed by atoms with van der Waals surface area (Å²) in [6.07, 6.45) is 4.28. The van der Waals surface area contributed by atoms with Crippen molar-refractivity contribution in [2.24, 2.45) is 5.41 Å². The minimum Gasteiger partial charge on any atom is -0.439 e. The predicted octanol–water partition coefficient (Wildman–Crippen LogP) is 2.35. The summed E-state index contributed by atoms with van der Waals surface area (Å²) in [5, 5.41) is 6.21. The van der Waals surface area contributed by atoms with E-state index in [0.717, 1.165) is 31.6 Å². The van der Waals surface area contributed by atoms with E-state index in [4.69, 9.17) is 4.74 Å². The summed E-state index contributed by atoms with van der Waals surface area (Å²) in [5.41, 5.74) is -0.157. The minimum absolute atomic E-state index is 0.157. The highest BCUT2D eigenvalue weighted by Crippen LogP contribution is 2.47. The molecule has 2 fully saturated rings. The first-order chi connectivity index (χ1) is 11.2. The Morgan fingerprint density at radius 3 is 2.78 bits per heavy atom. The molecule has 0 atom stereocenters. The first-order valence-electron chi connectivity index (χ1n) is 7.84. The van der Waals surface area contributed by atoms with Gasteiger partial charge in [0.1, 0.15) is 5.75 Å².